The van der Waals surface area contributed by atoms with Crippen molar-refractivity contribution in [2.75, 3.05) is 27.3 Å². The number of nitrogens with zero attached hydrogens (tertiary/aromatic N) is 1. The second-order valence-corrected chi connectivity index (χ2v) is 9.54. The predicted octanol–water partition coefficient (Wildman–Crippen LogP) is 3.56. The molecule has 6 heteroatoms. The van der Waals surface area contributed by atoms with E-state index in [0.717, 1.165) is 43.9 Å². The lowest BCUT2D eigenvalue weighted by atomic mass is 9.79. The summed E-state index contributed by atoms with van der Waals surface area (Å²) in [6.07, 6.45) is 2.70. The van der Waals surface area contributed by atoms with Gasteiger partial charge < -0.3 is 19.9 Å². The molecule has 0 amide bonds. The zero-order valence-electron chi connectivity index (χ0n) is 19.3. The summed E-state index contributed by atoms with van der Waals surface area (Å²) in [4.78, 5) is 15.2. The molecule has 0 radical (unpaired) electrons. The van der Waals surface area contributed by atoms with Gasteiger partial charge in [0.15, 0.2) is 11.5 Å². The highest BCUT2D eigenvalue weighted by Gasteiger charge is 2.41. The number of methoxy groups -OCH3 is 2. The first-order valence-corrected chi connectivity index (χ1v) is 11.2. The summed E-state index contributed by atoms with van der Waals surface area (Å²) in [5.74, 6) is 2.18. The minimum Gasteiger partial charge on any atom is -0.493 e. The fourth-order valence-electron chi connectivity index (χ4n) is 4.88. The molecule has 4 atom stereocenters. The van der Waals surface area contributed by atoms with Crippen molar-refractivity contribution in [3.63, 3.8) is 0 Å². The second kappa shape index (κ2) is 9.56. The molecule has 3 rings (SSSR count). The van der Waals surface area contributed by atoms with Crippen LogP contribution in [0.4, 0.5) is 0 Å². The number of benzene rings is 1. The van der Waals surface area contributed by atoms with Gasteiger partial charge in [-0.2, -0.15) is 0 Å². The maximum absolute atomic E-state index is 12.7. The van der Waals surface area contributed by atoms with Gasteiger partial charge in [0.1, 0.15) is 12.1 Å². The summed E-state index contributed by atoms with van der Waals surface area (Å²) >= 11 is 0. The zero-order chi connectivity index (χ0) is 22.0. The molecule has 0 aromatic heterocycles. The minimum absolute atomic E-state index is 0.0632. The first-order valence-electron chi connectivity index (χ1n) is 11.2. The van der Waals surface area contributed by atoms with Gasteiger partial charge in [0.25, 0.3) is 0 Å². The summed E-state index contributed by atoms with van der Waals surface area (Å²) in [5.41, 5.74) is 8.64. The molecular formula is C24H38N2O4. The Balaban J connectivity index is 1.88. The van der Waals surface area contributed by atoms with Crippen molar-refractivity contribution >= 4 is 5.97 Å². The van der Waals surface area contributed by atoms with Crippen molar-refractivity contribution in [1.29, 1.82) is 0 Å². The third-order valence-corrected chi connectivity index (χ3v) is 6.60. The highest BCUT2D eigenvalue weighted by molar-refractivity contribution is 5.76. The third kappa shape index (κ3) is 4.75. The number of rotatable bonds is 7. The molecule has 168 valence electrons. The lowest BCUT2D eigenvalue weighted by molar-refractivity contribution is -0.160. The van der Waals surface area contributed by atoms with Crippen molar-refractivity contribution < 1.29 is 19.0 Å². The maximum Gasteiger partial charge on any atom is 0.323 e. The number of carbonyl (C=O) groups is 1. The van der Waals surface area contributed by atoms with Gasteiger partial charge in [-0.3, -0.25) is 9.69 Å². The summed E-state index contributed by atoms with van der Waals surface area (Å²) < 4.78 is 17.1. The van der Waals surface area contributed by atoms with Crippen LogP contribution in [0.3, 0.4) is 0 Å². The molecule has 2 aliphatic heterocycles. The highest BCUT2D eigenvalue weighted by Crippen LogP contribution is 2.44. The van der Waals surface area contributed by atoms with E-state index in [-0.39, 0.29) is 24.0 Å². The Kier molecular flexibility index (Phi) is 7.30. The highest BCUT2D eigenvalue weighted by atomic mass is 16.5. The van der Waals surface area contributed by atoms with Gasteiger partial charge in [0.2, 0.25) is 0 Å². The predicted molar refractivity (Wildman–Crippen MR) is 118 cm³/mol. The summed E-state index contributed by atoms with van der Waals surface area (Å²) in [6.45, 7) is 10.3. The average molecular weight is 419 g/mol. The van der Waals surface area contributed by atoms with E-state index in [1.165, 1.54) is 11.1 Å². The molecule has 6 nitrogen and oxygen atoms in total. The van der Waals surface area contributed by atoms with Crippen molar-refractivity contribution in [3.05, 3.63) is 23.3 Å². The van der Waals surface area contributed by atoms with Gasteiger partial charge in [-0.05, 0) is 47.9 Å². The van der Waals surface area contributed by atoms with Crippen LogP contribution in [0.2, 0.25) is 0 Å². The second-order valence-electron chi connectivity index (χ2n) is 9.54. The Hall–Kier alpha value is -1.79. The number of fused-ring (bicyclic) bond motifs is 3. The molecule has 1 saturated heterocycles. The van der Waals surface area contributed by atoms with Crippen LogP contribution in [-0.4, -0.2) is 50.3 Å². The van der Waals surface area contributed by atoms with Crippen LogP contribution in [0, 0.1) is 17.8 Å². The van der Waals surface area contributed by atoms with E-state index in [4.69, 9.17) is 19.9 Å². The smallest absolute Gasteiger partial charge is 0.323 e. The Bertz CT molecular complexity index is 749. The average Bonchev–Trinajstić information content (AvgIpc) is 2.71. The molecule has 30 heavy (non-hydrogen) atoms. The number of carbonyl (C=O) groups excluding carboxylic acids is 1. The number of nitrogens with two attached hydrogens (primary N) is 1. The molecule has 0 spiro atoms. The molecule has 0 saturated carbocycles. The maximum atomic E-state index is 12.7. The van der Waals surface area contributed by atoms with Crippen molar-refractivity contribution in [2.45, 2.75) is 65.1 Å². The number of piperidine rings is 1. The molecule has 2 N–H and O–H groups in total. The Morgan fingerprint density at radius 3 is 2.43 bits per heavy atom. The first kappa shape index (κ1) is 22.9. The number of ether oxygens (including phenoxy) is 3. The van der Waals surface area contributed by atoms with Crippen molar-refractivity contribution in [1.82, 2.24) is 4.90 Å². The van der Waals surface area contributed by atoms with Crippen LogP contribution >= 0.6 is 0 Å². The van der Waals surface area contributed by atoms with Crippen LogP contribution in [0.1, 0.15) is 57.7 Å². The summed E-state index contributed by atoms with van der Waals surface area (Å²) in [5, 5.41) is 0. The molecule has 1 fully saturated rings. The number of hydrogen-bond acceptors (Lipinski definition) is 6. The van der Waals surface area contributed by atoms with Crippen LogP contribution in [0.5, 0.6) is 11.5 Å². The molecule has 1 aromatic rings. The Morgan fingerprint density at radius 1 is 1.17 bits per heavy atom. The van der Waals surface area contributed by atoms with Crippen molar-refractivity contribution in [2.24, 2.45) is 23.5 Å². The minimum atomic E-state index is -0.578. The van der Waals surface area contributed by atoms with E-state index >= 15 is 0 Å². The molecule has 0 bridgehead atoms. The largest absolute Gasteiger partial charge is 0.493 e. The lowest BCUT2D eigenvalue weighted by Gasteiger charge is -2.47. The molecule has 2 aliphatic rings. The van der Waals surface area contributed by atoms with E-state index in [1.807, 2.05) is 13.8 Å². The third-order valence-electron chi connectivity index (χ3n) is 6.60. The lowest BCUT2D eigenvalue weighted by Crippen LogP contribution is -2.51. The van der Waals surface area contributed by atoms with Gasteiger partial charge in [-0.1, -0.05) is 27.7 Å². The quantitative estimate of drug-likeness (QED) is 0.683. The standard InChI is InChI=1S/C24H38N2O4/c1-14(2)9-17-13-26-8-7-16-10-21(28-5)22(29-6)11-18(16)19(26)12-20(17)30-24(27)23(25)15(3)4/h10-11,14-15,17,19-20,23H,7-9,12-13,25H2,1-6H3/t17-,19-,20-,23?/m1/s1. The van der Waals surface area contributed by atoms with Crippen LogP contribution in [0.25, 0.3) is 0 Å². The van der Waals surface area contributed by atoms with E-state index in [1.54, 1.807) is 14.2 Å². The molecule has 2 heterocycles. The van der Waals surface area contributed by atoms with Crippen LogP contribution in [-0.2, 0) is 16.0 Å². The van der Waals surface area contributed by atoms with Crippen LogP contribution in [0.15, 0.2) is 12.1 Å². The first-order chi connectivity index (χ1) is 14.2. The SMILES string of the molecule is COc1cc2c(cc1OC)[C@H]1C[C@@H](OC(=O)C(N)C(C)C)[C@H](CC(C)C)CN1CC2. The van der Waals surface area contributed by atoms with Gasteiger partial charge in [0.05, 0.1) is 14.2 Å². The molecule has 0 aliphatic carbocycles. The number of esters is 1. The fourth-order valence-corrected chi connectivity index (χ4v) is 4.88. The van der Waals surface area contributed by atoms with Gasteiger partial charge in [0, 0.05) is 31.5 Å². The topological polar surface area (TPSA) is 74.0 Å². The van der Waals surface area contributed by atoms with Crippen molar-refractivity contribution in [3.8, 4) is 11.5 Å². The van der Waals surface area contributed by atoms with E-state index in [0.29, 0.717) is 11.8 Å². The zero-order valence-corrected chi connectivity index (χ0v) is 19.3. The van der Waals surface area contributed by atoms with Gasteiger partial charge >= 0.3 is 5.97 Å². The Labute approximate surface area is 181 Å². The van der Waals surface area contributed by atoms with Gasteiger partial charge in [-0.15, -0.1) is 0 Å². The summed E-state index contributed by atoms with van der Waals surface area (Å²) in [6, 6.07) is 3.84. The molecule has 1 unspecified atom stereocenters. The van der Waals surface area contributed by atoms with Gasteiger partial charge in [-0.25, -0.2) is 0 Å². The van der Waals surface area contributed by atoms with E-state index in [2.05, 4.69) is 30.9 Å². The number of hydrogen-bond donors (Lipinski definition) is 1. The van der Waals surface area contributed by atoms with E-state index < -0.39 is 6.04 Å². The Morgan fingerprint density at radius 2 is 1.83 bits per heavy atom. The molecular weight excluding hydrogens is 380 g/mol. The van der Waals surface area contributed by atoms with Crippen LogP contribution < -0.4 is 15.2 Å². The molecule has 1 aromatic carbocycles. The summed E-state index contributed by atoms with van der Waals surface area (Å²) in [7, 11) is 3.34. The fraction of sp³-hybridized carbons (Fsp3) is 0.708. The monoisotopic (exact) mass is 418 g/mol. The normalized spacial score (nSPS) is 24.9. The van der Waals surface area contributed by atoms with E-state index in [9.17, 15) is 4.79 Å².